The van der Waals surface area contributed by atoms with Crippen molar-refractivity contribution in [2.24, 2.45) is 0 Å². The summed E-state index contributed by atoms with van der Waals surface area (Å²) in [6, 6.07) is 0. The summed E-state index contributed by atoms with van der Waals surface area (Å²) in [6.07, 6.45) is 3.08. The summed E-state index contributed by atoms with van der Waals surface area (Å²) >= 11 is 0. The van der Waals surface area contributed by atoms with Gasteiger partial charge < -0.3 is 4.74 Å². The van der Waals surface area contributed by atoms with Crippen LogP contribution in [-0.2, 0) is 4.74 Å². The summed E-state index contributed by atoms with van der Waals surface area (Å²) in [5.41, 5.74) is 0. The number of hydrogen-bond donors (Lipinski definition) is 0. The third kappa shape index (κ3) is 0.716. The molecule has 1 aliphatic rings. The monoisotopic (exact) mass is 86.1 g/mol. The highest BCUT2D eigenvalue weighted by Crippen LogP contribution is 2.09. The predicted molar refractivity (Wildman–Crippen MR) is 24.6 cm³/mol. The second-order valence-electron chi connectivity index (χ2n) is 1.82. The number of rotatable bonds is 0. The largest absolute Gasteiger partial charge is 0.379 e. The lowest BCUT2D eigenvalue weighted by atomic mass is 10.3. The van der Waals surface area contributed by atoms with Crippen LogP contribution in [-0.4, -0.2) is 12.7 Å². The van der Waals surface area contributed by atoms with Gasteiger partial charge in [0.2, 0.25) is 0 Å². The van der Waals surface area contributed by atoms with Crippen molar-refractivity contribution < 1.29 is 4.74 Å². The van der Waals surface area contributed by atoms with Crippen molar-refractivity contribution in [3.05, 3.63) is 0 Å². The Hall–Kier alpha value is -0.0400. The Morgan fingerprint density at radius 3 is 2.67 bits per heavy atom. The van der Waals surface area contributed by atoms with Crippen molar-refractivity contribution in [2.45, 2.75) is 25.9 Å². The first-order valence-electron chi connectivity index (χ1n) is 2.51. The molecule has 0 N–H and O–H groups in total. The summed E-state index contributed by atoms with van der Waals surface area (Å²) in [5, 5.41) is 0. The van der Waals surface area contributed by atoms with E-state index in [0.29, 0.717) is 6.10 Å². The molecule has 1 saturated heterocycles. The Balaban J connectivity index is 2.18. The topological polar surface area (TPSA) is 9.23 Å². The molecule has 0 radical (unpaired) electrons. The lowest BCUT2D eigenvalue weighted by molar-refractivity contribution is 0.125. The van der Waals surface area contributed by atoms with E-state index in [2.05, 4.69) is 6.92 Å². The Labute approximate surface area is 38.3 Å². The smallest absolute Gasteiger partial charge is 0.0547 e. The van der Waals surface area contributed by atoms with Crippen LogP contribution in [0.25, 0.3) is 0 Å². The molecule has 1 heterocycles. The third-order valence-electron chi connectivity index (χ3n) is 1.16. The highest BCUT2D eigenvalue weighted by atomic mass is 16.5. The Morgan fingerprint density at radius 2 is 2.50 bits per heavy atom. The minimum atomic E-state index is 0.546. The van der Waals surface area contributed by atoms with E-state index in [9.17, 15) is 0 Å². The van der Waals surface area contributed by atoms with Crippen molar-refractivity contribution in [3.8, 4) is 0 Å². The van der Waals surface area contributed by atoms with Crippen LogP contribution in [0.1, 0.15) is 19.8 Å². The van der Waals surface area contributed by atoms with Crippen LogP contribution in [0.15, 0.2) is 0 Å². The molecule has 1 atom stereocenters. The molecule has 0 amide bonds. The van der Waals surface area contributed by atoms with Crippen LogP contribution in [0.4, 0.5) is 0 Å². The van der Waals surface area contributed by atoms with E-state index in [-0.39, 0.29) is 0 Å². The van der Waals surface area contributed by atoms with Crippen molar-refractivity contribution in [2.75, 3.05) is 6.61 Å². The fourth-order valence-electron chi connectivity index (χ4n) is 0.739. The summed E-state index contributed by atoms with van der Waals surface area (Å²) in [5.74, 6) is 0. The minimum absolute atomic E-state index is 0.546. The van der Waals surface area contributed by atoms with E-state index in [4.69, 9.17) is 4.74 Å². The quantitative estimate of drug-likeness (QED) is 0.430. The van der Waals surface area contributed by atoms with Gasteiger partial charge in [-0.1, -0.05) is 0 Å². The van der Waals surface area contributed by atoms with Gasteiger partial charge in [0.15, 0.2) is 0 Å². The first kappa shape index (κ1) is 4.13. The zero-order valence-electron chi connectivity index (χ0n) is 4.11. The van der Waals surface area contributed by atoms with Gasteiger partial charge in [0.05, 0.1) is 6.10 Å². The van der Waals surface area contributed by atoms with Crippen LogP contribution >= 0.6 is 0 Å². The highest BCUT2D eigenvalue weighted by molar-refractivity contribution is 4.56. The molecule has 0 aromatic rings. The molecule has 1 heteroatoms. The second-order valence-corrected chi connectivity index (χ2v) is 1.82. The molecule has 0 bridgehead atoms. The predicted octanol–water partition coefficient (Wildman–Crippen LogP) is 1.19. The Kier molecular flexibility index (Phi) is 1.10. The molecular formula is C5H10O. The summed E-state index contributed by atoms with van der Waals surface area (Å²) in [7, 11) is 0. The van der Waals surface area contributed by atoms with Crippen LogP contribution in [0.3, 0.4) is 0 Å². The molecule has 0 aromatic carbocycles. The van der Waals surface area contributed by atoms with E-state index in [1.807, 2.05) is 0 Å². The van der Waals surface area contributed by atoms with Crippen molar-refractivity contribution in [3.63, 3.8) is 0 Å². The van der Waals surface area contributed by atoms with Crippen molar-refractivity contribution in [1.82, 2.24) is 0 Å². The second kappa shape index (κ2) is 1.61. The maximum absolute atomic E-state index is 5.15. The van der Waals surface area contributed by atoms with Crippen LogP contribution in [0, 0.1) is 0 Å². The number of ether oxygens (including phenoxy) is 1. The zero-order valence-corrected chi connectivity index (χ0v) is 4.11. The van der Waals surface area contributed by atoms with E-state index < -0.39 is 0 Å². The van der Waals surface area contributed by atoms with E-state index in [1.54, 1.807) is 0 Å². The van der Waals surface area contributed by atoms with Gasteiger partial charge in [-0.25, -0.2) is 0 Å². The normalized spacial score (nSPS) is 34.5. The van der Waals surface area contributed by atoms with Gasteiger partial charge in [0.25, 0.3) is 0 Å². The first-order valence-corrected chi connectivity index (χ1v) is 2.51. The summed E-state index contributed by atoms with van der Waals surface area (Å²) in [4.78, 5) is 0. The standard InChI is InChI=1S/C5H10O/c1-5-3-2-4-6-5/h5H,2-4H2,1H3/t5-/m0/s1. The maximum Gasteiger partial charge on any atom is 0.0547 e. The van der Waals surface area contributed by atoms with Gasteiger partial charge >= 0.3 is 0 Å². The SMILES string of the molecule is C[C@H]1CCCO1. The molecule has 1 nitrogen and oxygen atoms in total. The molecule has 6 heavy (non-hydrogen) atoms. The van der Waals surface area contributed by atoms with Crippen molar-refractivity contribution in [1.29, 1.82) is 0 Å². The molecule has 0 unspecified atom stereocenters. The molecule has 0 aromatic heterocycles. The fourth-order valence-corrected chi connectivity index (χ4v) is 0.739. The third-order valence-corrected chi connectivity index (χ3v) is 1.16. The average molecular weight is 86.1 g/mol. The summed E-state index contributed by atoms with van der Waals surface area (Å²) < 4.78 is 5.15. The zero-order chi connectivity index (χ0) is 4.41. The molecule has 0 aliphatic carbocycles. The Morgan fingerprint density at radius 1 is 1.67 bits per heavy atom. The van der Waals surface area contributed by atoms with Gasteiger partial charge in [-0.2, -0.15) is 0 Å². The molecule has 1 aliphatic heterocycles. The van der Waals surface area contributed by atoms with E-state index in [0.717, 1.165) is 6.61 Å². The van der Waals surface area contributed by atoms with Gasteiger partial charge in [0.1, 0.15) is 0 Å². The lowest BCUT2D eigenvalue weighted by Crippen LogP contribution is -1.94. The molecule has 0 spiro atoms. The highest BCUT2D eigenvalue weighted by Gasteiger charge is 2.07. The fraction of sp³-hybridized carbons (Fsp3) is 1.00. The van der Waals surface area contributed by atoms with Gasteiger partial charge in [-0.15, -0.1) is 0 Å². The van der Waals surface area contributed by atoms with Gasteiger partial charge in [-0.3, -0.25) is 0 Å². The van der Waals surface area contributed by atoms with Gasteiger partial charge in [-0.05, 0) is 19.8 Å². The van der Waals surface area contributed by atoms with E-state index in [1.165, 1.54) is 12.8 Å². The molecular weight excluding hydrogens is 76.1 g/mol. The molecule has 1 rings (SSSR count). The maximum atomic E-state index is 5.15. The minimum Gasteiger partial charge on any atom is -0.379 e. The van der Waals surface area contributed by atoms with Gasteiger partial charge in [0, 0.05) is 6.61 Å². The summed E-state index contributed by atoms with van der Waals surface area (Å²) in [6.45, 7) is 3.11. The molecule has 36 valence electrons. The first-order chi connectivity index (χ1) is 2.89. The Bertz CT molecular complexity index is 37.2. The lowest BCUT2D eigenvalue weighted by Gasteiger charge is -1.94. The van der Waals surface area contributed by atoms with Crippen LogP contribution in [0.2, 0.25) is 0 Å². The van der Waals surface area contributed by atoms with Crippen molar-refractivity contribution >= 4 is 0 Å². The molecule has 0 saturated carbocycles. The van der Waals surface area contributed by atoms with Crippen LogP contribution < -0.4 is 0 Å². The number of hydrogen-bond acceptors (Lipinski definition) is 1. The molecule has 1 fully saturated rings. The van der Waals surface area contributed by atoms with Crippen LogP contribution in [0.5, 0.6) is 0 Å². The average Bonchev–Trinajstić information content (AvgIpc) is 1.86. The van der Waals surface area contributed by atoms with E-state index >= 15 is 0 Å².